The Morgan fingerprint density at radius 2 is 1.71 bits per heavy atom. The monoisotopic (exact) mass is 474 g/mol. The first kappa shape index (κ1) is 24.8. The minimum absolute atomic E-state index is 0.00615. The number of piperazine rings is 1. The average molecular weight is 475 g/mol. The normalized spacial score (nSPS) is 19.9. The van der Waals surface area contributed by atoms with Gasteiger partial charge in [-0.2, -0.15) is 0 Å². The second kappa shape index (κ2) is 11.9. The number of aryl methyl sites for hydroxylation is 1. The third kappa shape index (κ3) is 7.10. The van der Waals surface area contributed by atoms with E-state index in [0.717, 1.165) is 44.0 Å². The fraction of sp³-hybridized carbons (Fsp3) is 0.393. The van der Waals surface area contributed by atoms with Gasteiger partial charge in [0, 0.05) is 57.5 Å². The Kier molecular flexibility index (Phi) is 8.45. The number of nitrogens with one attached hydrogen (secondary N) is 1. The van der Waals surface area contributed by atoms with Crippen molar-refractivity contribution >= 4 is 23.6 Å². The first-order valence-electron chi connectivity index (χ1n) is 12.3. The summed E-state index contributed by atoms with van der Waals surface area (Å²) in [5.74, 6) is 0.114. The number of carbonyl (C=O) groups excluding carboxylic acids is 2. The molecule has 7 nitrogen and oxygen atoms in total. The number of rotatable bonds is 8. The van der Waals surface area contributed by atoms with Crippen LogP contribution in [0.25, 0.3) is 0 Å². The number of hydrogen-bond donors (Lipinski definition) is 2. The number of aliphatic hydroxyl groups excluding tert-OH is 1. The van der Waals surface area contributed by atoms with Crippen LogP contribution in [0, 0.1) is 6.92 Å². The lowest BCUT2D eigenvalue weighted by molar-refractivity contribution is -0.118. The van der Waals surface area contributed by atoms with E-state index in [1.54, 1.807) is 6.21 Å². The number of aliphatic hydroxyl groups is 1. The molecule has 0 spiro atoms. The second-order valence-corrected chi connectivity index (χ2v) is 9.37. The molecule has 1 atom stereocenters. The van der Waals surface area contributed by atoms with Gasteiger partial charge in [-0.3, -0.25) is 24.4 Å². The standard InChI is InChI=1S/C28H34N4O3/c1-21-7-9-24(10-8-21)30-28(35)20-32-15-13-31(14-16-32)12-11-29-19-25-26(33)17-23(18-27(25)34)22-5-3-2-4-6-22/h2-10,19,23,33H,11-18,20H2,1H3,(H,30,35). The molecule has 1 amide bonds. The van der Waals surface area contributed by atoms with Gasteiger partial charge in [0.15, 0.2) is 5.78 Å². The maximum Gasteiger partial charge on any atom is 0.238 e. The van der Waals surface area contributed by atoms with E-state index < -0.39 is 0 Å². The third-order valence-corrected chi connectivity index (χ3v) is 6.69. The maximum absolute atomic E-state index is 12.6. The highest BCUT2D eigenvalue weighted by atomic mass is 16.3. The smallest absolute Gasteiger partial charge is 0.238 e. The van der Waals surface area contributed by atoms with E-state index in [2.05, 4.69) is 20.1 Å². The van der Waals surface area contributed by atoms with Crippen LogP contribution in [0.2, 0.25) is 0 Å². The first-order chi connectivity index (χ1) is 17.0. The highest BCUT2D eigenvalue weighted by Gasteiger charge is 2.27. The summed E-state index contributed by atoms with van der Waals surface area (Å²) in [6.07, 6.45) is 2.41. The topological polar surface area (TPSA) is 85.2 Å². The predicted molar refractivity (Wildman–Crippen MR) is 139 cm³/mol. The van der Waals surface area contributed by atoms with Gasteiger partial charge < -0.3 is 10.4 Å². The van der Waals surface area contributed by atoms with Crippen LogP contribution in [0.5, 0.6) is 0 Å². The van der Waals surface area contributed by atoms with Crippen molar-refractivity contribution in [2.75, 3.05) is 51.1 Å². The van der Waals surface area contributed by atoms with Gasteiger partial charge >= 0.3 is 0 Å². The molecule has 1 heterocycles. The minimum Gasteiger partial charge on any atom is -0.511 e. The Bertz CT molecular complexity index is 1070. The van der Waals surface area contributed by atoms with Crippen LogP contribution >= 0.6 is 0 Å². The fourth-order valence-corrected chi connectivity index (χ4v) is 4.58. The number of amides is 1. The third-order valence-electron chi connectivity index (χ3n) is 6.69. The Morgan fingerprint density at radius 1 is 1.03 bits per heavy atom. The number of allylic oxidation sites excluding steroid dienone is 2. The van der Waals surface area contributed by atoms with Gasteiger partial charge in [0.1, 0.15) is 5.76 Å². The number of benzene rings is 2. The van der Waals surface area contributed by atoms with Crippen molar-refractivity contribution in [3.8, 4) is 0 Å². The molecule has 2 aromatic rings. The number of aliphatic imine (C=N–C) groups is 1. The molecule has 35 heavy (non-hydrogen) atoms. The lowest BCUT2D eigenvalue weighted by Gasteiger charge is -2.33. The van der Waals surface area contributed by atoms with Gasteiger partial charge in [-0.05, 0) is 30.5 Å². The molecule has 1 aliphatic carbocycles. The molecule has 2 aliphatic rings. The van der Waals surface area contributed by atoms with Crippen LogP contribution in [-0.2, 0) is 9.59 Å². The van der Waals surface area contributed by atoms with Gasteiger partial charge in [-0.15, -0.1) is 0 Å². The molecular weight excluding hydrogens is 440 g/mol. The molecule has 4 rings (SSSR count). The van der Waals surface area contributed by atoms with Crippen molar-refractivity contribution < 1.29 is 14.7 Å². The summed E-state index contributed by atoms with van der Waals surface area (Å²) < 4.78 is 0. The van der Waals surface area contributed by atoms with Crippen LogP contribution < -0.4 is 5.32 Å². The van der Waals surface area contributed by atoms with E-state index >= 15 is 0 Å². The predicted octanol–water partition coefficient (Wildman–Crippen LogP) is 3.58. The number of anilines is 1. The molecule has 0 saturated carbocycles. The number of hydrogen-bond acceptors (Lipinski definition) is 6. The van der Waals surface area contributed by atoms with Crippen LogP contribution in [0.4, 0.5) is 5.69 Å². The van der Waals surface area contributed by atoms with Gasteiger partial charge in [-0.25, -0.2) is 0 Å². The largest absolute Gasteiger partial charge is 0.511 e. The first-order valence-corrected chi connectivity index (χ1v) is 12.3. The fourth-order valence-electron chi connectivity index (χ4n) is 4.58. The van der Waals surface area contributed by atoms with E-state index in [9.17, 15) is 14.7 Å². The molecule has 2 N–H and O–H groups in total. The zero-order valence-corrected chi connectivity index (χ0v) is 20.3. The second-order valence-electron chi connectivity index (χ2n) is 9.37. The summed E-state index contributed by atoms with van der Waals surface area (Å²) in [7, 11) is 0. The summed E-state index contributed by atoms with van der Waals surface area (Å²) in [5, 5.41) is 13.4. The van der Waals surface area contributed by atoms with Crippen LogP contribution in [0.1, 0.15) is 29.9 Å². The van der Waals surface area contributed by atoms with E-state index in [4.69, 9.17) is 0 Å². The zero-order chi connectivity index (χ0) is 24.6. The highest BCUT2D eigenvalue weighted by Crippen LogP contribution is 2.32. The average Bonchev–Trinajstić information content (AvgIpc) is 2.86. The van der Waals surface area contributed by atoms with Crippen molar-refractivity contribution in [2.45, 2.75) is 25.7 Å². The van der Waals surface area contributed by atoms with Gasteiger partial charge in [-0.1, -0.05) is 48.0 Å². The molecule has 184 valence electrons. The zero-order valence-electron chi connectivity index (χ0n) is 20.3. The van der Waals surface area contributed by atoms with Crippen LogP contribution in [0.15, 0.2) is 70.9 Å². The molecule has 0 radical (unpaired) electrons. The van der Waals surface area contributed by atoms with Gasteiger partial charge in [0.05, 0.1) is 18.7 Å². The minimum atomic E-state index is -0.0520. The van der Waals surface area contributed by atoms with E-state index in [1.807, 2.05) is 61.5 Å². The molecule has 1 aliphatic heterocycles. The molecule has 0 bridgehead atoms. The maximum atomic E-state index is 12.6. The van der Waals surface area contributed by atoms with Crippen molar-refractivity contribution in [3.05, 3.63) is 77.1 Å². The van der Waals surface area contributed by atoms with Crippen molar-refractivity contribution in [1.29, 1.82) is 0 Å². The van der Waals surface area contributed by atoms with Gasteiger partial charge in [0.25, 0.3) is 0 Å². The molecule has 7 heteroatoms. The van der Waals surface area contributed by atoms with Gasteiger partial charge in [0.2, 0.25) is 5.91 Å². The summed E-state index contributed by atoms with van der Waals surface area (Å²) in [6, 6.07) is 17.7. The lowest BCUT2D eigenvalue weighted by atomic mass is 9.83. The lowest BCUT2D eigenvalue weighted by Crippen LogP contribution is -2.49. The number of nitrogens with zero attached hydrogens (tertiary/aromatic N) is 3. The molecule has 1 unspecified atom stereocenters. The van der Waals surface area contributed by atoms with E-state index in [-0.39, 0.29) is 23.4 Å². The number of carbonyl (C=O) groups is 2. The Balaban J connectivity index is 1.17. The molecular formula is C28H34N4O3. The van der Waals surface area contributed by atoms with Crippen molar-refractivity contribution in [3.63, 3.8) is 0 Å². The summed E-state index contributed by atoms with van der Waals surface area (Å²) in [6.45, 7) is 7.17. The molecule has 0 aromatic heterocycles. The molecule has 2 aromatic carbocycles. The number of ketones is 1. The number of Topliss-reactive ketones (excluding diaryl/α,β-unsaturated/α-hetero) is 1. The van der Waals surface area contributed by atoms with E-state index in [0.29, 0.717) is 31.5 Å². The SMILES string of the molecule is Cc1ccc(NC(=O)CN2CCN(CCN=CC3=C(O)CC(c4ccccc4)CC3=O)CC2)cc1. The Hall–Kier alpha value is -3.29. The molecule has 1 fully saturated rings. The summed E-state index contributed by atoms with van der Waals surface area (Å²) in [5.41, 5.74) is 3.42. The summed E-state index contributed by atoms with van der Waals surface area (Å²) in [4.78, 5) is 33.8. The van der Waals surface area contributed by atoms with Crippen molar-refractivity contribution in [1.82, 2.24) is 9.80 Å². The van der Waals surface area contributed by atoms with Crippen LogP contribution in [-0.4, -0.2) is 78.6 Å². The van der Waals surface area contributed by atoms with Crippen LogP contribution in [0.3, 0.4) is 0 Å². The summed E-state index contributed by atoms with van der Waals surface area (Å²) >= 11 is 0. The Labute approximate surface area is 207 Å². The molecule has 1 saturated heterocycles. The Morgan fingerprint density at radius 3 is 2.40 bits per heavy atom. The highest BCUT2D eigenvalue weighted by molar-refractivity contribution is 6.14. The van der Waals surface area contributed by atoms with Crippen molar-refractivity contribution in [2.24, 2.45) is 4.99 Å². The quantitative estimate of drug-likeness (QED) is 0.572. The van der Waals surface area contributed by atoms with E-state index in [1.165, 1.54) is 5.56 Å².